The van der Waals surface area contributed by atoms with Gasteiger partial charge in [-0.3, -0.25) is 0 Å². The van der Waals surface area contributed by atoms with E-state index in [0.717, 1.165) is 28.2 Å². The van der Waals surface area contributed by atoms with Gasteiger partial charge in [0, 0.05) is 28.2 Å². The summed E-state index contributed by atoms with van der Waals surface area (Å²) in [7, 11) is 1.26. The first-order valence-corrected chi connectivity index (χ1v) is 10.5. The van der Waals surface area contributed by atoms with Crippen molar-refractivity contribution in [3.05, 3.63) is 114 Å². The predicted octanol–water partition coefficient (Wildman–Crippen LogP) is 4.01. The van der Waals surface area contributed by atoms with Gasteiger partial charge in [0.1, 0.15) is 0 Å². The van der Waals surface area contributed by atoms with E-state index in [2.05, 4.69) is 14.5 Å². The molecule has 0 saturated heterocycles. The summed E-state index contributed by atoms with van der Waals surface area (Å²) in [6, 6.07) is 29.0. The first-order valence-electron chi connectivity index (χ1n) is 9.76. The second kappa shape index (κ2) is 9.40. The number of oxime groups is 1. The van der Waals surface area contributed by atoms with Crippen molar-refractivity contribution in [1.82, 2.24) is 9.36 Å². The summed E-state index contributed by atoms with van der Waals surface area (Å²) in [4.78, 5) is 22.9. The highest BCUT2D eigenvalue weighted by Gasteiger charge is 2.40. The van der Waals surface area contributed by atoms with Gasteiger partial charge in [0.2, 0.25) is 17.1 Å². The van der Waals surface area contributed by atoms with Crippen molar-refractivity contribution in [1.29, 1.82) is 0 Å². The normalized spacial score (nSPS) is 11.7. The molecule has 160 valence electrons. The molecule has 0 saturated carbocycles. The second-order valence-electron chi connectivity index (χ2n) is 6.76. The molecule has 0 spiro atoms. The zero-order valence-corrected chi connectivity index (χ0v) is 18.0. The minimum Gasteiger partial charge on any atom is -0.464 e. The van der Waals surface area contributed by atoms with Gasteiger partial charge >= 0.3 is 5.97 Å². The Kier molecular flexibility index (Phi) is 6.23. The fourth-order valence-corrected chi connectivity index (χ4v) is 3.82. The molecule has 0 unspecified atom stereocenters. The number of rotatable bonds is 7. The monoisotopic (exact) mass is 444 g/mol. The first kappa shape index (κ1) is 21.2. The molecule has 0 aliphatic heterocycles. The average molecular weight is 445 g/mol. The molecule has 7 nitrogen and oxygen atoms in total. The maximum atomic E-state index is 12.5. The minimum atomic E-state index is -1.15. The summed E-state index contributed by atoms with van der Waals surface area (Å²) < 4.78 is 8.99. The number of anilines is 1. The van der Waals surface area contributed by atoms with Crippen LogP contribution in [0.4, 0.5) is 5.13 Å². The Morgan fingerprint density at radius 1 is 0.875 bits per heavy atom. The van der Waals surface area contributed by atoms with Crippen molar-refractivity contribution >= 4 is 28.3 Å². The van der Waals surface area contributed by atoms with Gasteiger partial charge in [-0.05, 0) is 0 Å². The van der Waals surface area contributed by atoms with Gasteiger partial charge in [-0.25, -0.2) is 4.79 Å². The lowest BCUT2D eigenvalue weighted by Crippen LogP contribution is -2.32. The third kappa shape index (κ3) is 4.08. The third-order valence-electron chi connectivity index (χ3n) is 4.85. The van der Waals surface area contributed by atoms with Crippen molar-refractivity contribution in [2.45, 2.75) is 5.60 Å². The van der Waals surface area contributed by atoms with E-state index in [-0.39, 0.29) is 16.7 Å². The number of hydrogen-bond acceptors (Lipinski definition) is 8. The molecule has 8 heteroatoms. The molecule has 0 bridgehead atoms. The molecule has 4 rings (SSSR count). The summed E-state index contributed by atoms with van der Waals surface area (Å²) in [5.74, 6) is -0.687. The molecule has 1 aromatic heterocycles. The number of benzene rings is 3. The SMILES string of the molecule is COC(=O)/C(=N\OC(c1ccccc1)(c1ccccc1)c1ccccc1)c1nsc(N)n1. The largest absolute Gasteiger partial charge is 0.464 e. The summed E-state index contributed by atoms with van der Waals surface area (Å²) in [5, 5.41) is 4.45. The van der Waals surface area contributed by atoms with E-state index in [1.807, 2.05) is 91.0 Å². The Morgan fingerprint density at radius 2 is 1.34 bits per heavy atom. The average Bonchev–Trinajstić information content (AvgIpc) is 3.29. The van der Waals surface area contributed by atoms with Crippen LogP contribution in [0.15, 0.2) is 96.2 Å². The van der Waals surface area contributed by atoms with Crippen LogP contribution in [0.1, 0.15) is 22.5 Å². The van der Waals surface area contributed by atoms with E-state index in [4.69, 9.17) is 15.3 Å². The predicted molar refractivity (Wildman–Crippen MR) is 123 cm³/mol. The summed E-state index contributed by atoms with van der Waals surface area (Å²) in [6.45, 7) is 0. The van der Waals surface area contributed by atoms with E-state index in [1.165, 1.54) is 7.11 Å². The van der Waals surface area contributed by atoms with Crippen LogP contribution < -0.4 is 5.73 Å². The summed E-state index contributed by atoms with van der Waals surface area (Å²) in [5.41, 5.74) is 6.88. The Bertz CT molecular complexity index is 1120. The van der Waals surface area contributed by atoms with Crippen molar-refractivity contribution in [3.63, 3.8) is 0 Å². The van der Waals surface area contributed by atoms with Gasteiger partial charge in [0.15, 0.2) is 5.13 Å². The van der Waals surface area contributed by atoms with Crippen LogP contribution in [0.2, 0.25) is 0 Å². The second-order valence-corrected chi connectivity index (χ2v) is 7.54. The molecule has 0 fully saturated rings. The number of esters is 1. The lowest BCUT2D eigenvalue weighted by Gasteiger charge is -2.33. The van der Waals surface area contributed by atoms with Crippen LogP contribution in [0.3, 0.4) is 0 Å². The number of nitrogen functional groups attached to an aromatic ring is 1. The molecule has 4 aromatic rings. The molecule has 0 amide bonds. The van der Waals surface area contributed by atoms with Crippen molar-refractivity contribution in [3.8, 4) is 0 Å². The fraction of sp³-hybridized carbons (Fsp3) is 0.0833. The van der Waals surface area contributed by atoms with E-state index in [0.29, 0.717) is 0 Å². The third-order valence-corrected chi connectivity index (χ3v) is 5.39. The smallest absolute Gasteiger partial charge is 0.364 e. The van der Waals surface area contributed by atoms with Gasteiger partial charge in [-0.2, -0.15) is 9.36 Å². The molecule has 1 heterocycles. The van der Waals surface area contributed by atoms with Crippen molar-refractivity contribution in [2.75, 3.05) is 12.8 Å². The molecule has 0 aliphatic rings. The van der Waals surface area contributed by atoms with Gasteiger partial charge in [-0.15, -0.1) is 0 Å². The first-order chi connectivity index (χ1) is 15.6. The maximum absolute atomic E-state index is 12.5. The van der Waals surface area contributed by atoms with Crippen LogP contribution >= 0.6 is 11.5 Å². The number of ether oxygens (including phenoxy) is 1. The lowest BCUT2D eigenvalue weighted by molar-refractivity contribution is -0.133. The van der Waals surface area contributed by atoms with Crippen molar-refractivity contribution < 1.29 is 14.4 Å². The highest BCUT2D eigenvalue weighted by atomic mass is 32.1. The summed E-state index contributed by atoms with van der Waals surface area (Å²) >= 11 is 0.956. The number of nitrogens with two attached hydrogens (primary N) is 1. The lowest BCUT2D eigenvalue weighted by atomic mass is 9.80. The number of methoxy groups -OCH3 is 1. The van der Waals surface area contributed by atoms with E-state index < -0.39 is 11.6 Å². The topological polar surface area (TPSA) is 99.7 Å². The summed E-state index contributed by atoms with van der Waals surface area (Å²) in [6.07, 6.45) is 0. The zero-order valence-electron chi connectivity index (χ0n) is 17.2. The van der Waals surface area contributed by atoms with E-state index >= 15 is 0 Å². The van der Waals surface area contributed by atoms with Gasteiger partial charge in [0.25, 0.3) is 0 Å². The molecule has 2 N–H and O–H groups in total. The van der Waals surface area contributed by atoms with E-state index in [1.54, 1.807) is 0 Å². The molecule has 32 heavy (non-hydrogen) atoms. The minimum absolute atomic E-state index is 0.0439. The standard InChI is InChI=1S/C24H20N4O3S/c1-30-22(29)20(21-26-23(25)32-28-21)27-31-24(17-11-5-2-6-12-17,18-13-7-3-8-14-18)19-15-9-4-10-16-19/h2-16H,1H3,(H2,25,26,28)/b27-20-. The van der Waals surface area contributed by atoms with Crippen LogP contribution in [-0.2, 0) is 20.0 Å². The van der Waals surface area contributed by atoms with Crippen LogP contribution in [-0.4, -0.2) is 28.1 Å². The number of aromatic nitrogens is 2. The quantitative estimate of drug-likeness (QED) is 0.200. The maximum Gasteiger partial charge on any atom is 0.364 e. The fourth-order valence-electron chi connectivity index (χ4n) is 3.39. The Morgan fingerprint density at radius 3 is 1.72 bits per heavy atom. The molecule has 0 atom stereocenters. The number of hydrogen-bond donors (Lipinski definition) is 1. The van der Waals surface area contributed by atoms with Crippen LogP contribution in [0.5, 0.6) is 0 Å². The van der Waals surface area contributed by atoms with Crippen LogP contribution in [0, 0.1) is 0 Å². The molecular weight excluding hydrogens is 424 g/mol. The molecular formula is C24H20N4O3S. The van der Waals surface area contributed by atoms with E-state index in [9.17, 15) is 4.79 Å². The highest BCUT2D eigenvalue weighted by Crippen LogP contribution is 2.40. The highest BCUT2D eigenvalue weighted by molar-refractivity contribution is 7.09. The van der Waals surface area contributed by atoms with Crippen LogP contribution in [0.25, 0.3) is 0 Å². The van der Waals surface area contributed by atoms with Gasteiger partial charge < -0.3 is 15.3 Å². The molecule has 3 aromatic carbocycles. The Hall–Kier alpha value is -4.04. The number of carbonyl (C=O) groups is 1. The van der Waals surface area contributed by atoms with Gasteiger partial charge in [-0.1, -0.05) is 96.2 Å². The number of nitrogens with zero attached hydrogens (tertiary/aromatic N) is 3. The Balaban J connectivity index is 1.95. The number of carbonyl (C=O) groups excluding carboxylic acids is 1. The zero-order chi connectivity index (χ0) is 22.4. The van der Waals surface area contributed by atoms with Crippen molar-refractivity contribution in [2.24, 2.45) is 5.16 Å². The van der Waals surface area contributed by atoms with Gasteiger partial charge in [0.05, 0.1) is 7.11 Å². The Labute approximate surface area is 189 Å². The molecule has 0 aliphatic carbocycles. The molecule has 0 radical (unpaired) electrons.